The van der Waals surface area contributed by atoms with E-state index in [0.717, 1.165) is 11.3 Å². The van der Waals surface area contributed by atoms with Gasteiger partial charge in [-0.15, -0.1) is 0 Å². The van der Waals surface area contributed by atoms with Crippen LogP contribution in [0, 0.1) is 13.8 Å². The molecule has 5 heteroatoms. The van der Waals surface area contributed by atoms with Gasteiger partial charge in [-0.2, -0.15) is 5.10 Å². The highest BCUT2D eigenvalue weighted by Crippen LogP contribution is 2.19. The topological polar surface area (TPSA) is 55.1 Å². The van der Waals surface area contributed by atoms with Gasteiger partial charge >= 0.3 is 5.97 Å². The number of hydrogen-bond donors (Lipinski definition) is 1. The van der Waals surface area contributed by atoms with E-state index in [1.165, 1.54) is 5.56 Å². The van der Waals surface area contributed by atoms with Crippen LogP contribution in [0.25, 0.3) is 5.69 Å². The highest BCUT2D eigenvalue weighted by atomic mass is 79.9. The first-order chi connectivity index (χ1) is 7.99. The molecule has 0 unspecified atom stereocenters. The molecule has 0 bridgehead atoms. The monoisotopic (exact) mass is 294 g/mol. The van der Waals surface area contributed by atoms with Gasteiger partial charge in [-0.05, 0) is 53.0 Å². The van der Waals surface area contributed by atoms with Crippen LogP contribution in [0.3, 0.4) is 0 Å². The van der Waals surface area contributed by atoms with Crippen molar-refractivity contribution in [3.05, 3.63) is 45.7 Å². The van der Waals surface area contributed by atoms with Crippen LogP contribution in [-0.4, -0.2) is 20.9 Å². The molecule has 1 aromatic heterocycles. The molecule has 0 saturated carbocycles. The molecule has 0 atom stereocenters. The number of rotatable bonds is 2. The number of hydrogen-bond acceptors (Lipinski definition) is 2. The Morgan fingerprint density at radius 3 is 2.59 bits per heavy atom. The minimum Gasteiger partial charge on any atom is -0.476 e. The molecule has 2 aromatic rings. The van der Waals surface area contributed by atoms with Crippen LogP contribution < -0.4 is 0 Å². The number of aromatic nitrogens is 2. The summed E-state index contributed by atoms with van der Waals surface area (Å²) in [7, 11) is 0. The molecule has 0 aliphatic rings. The standard InChI is InChI=1S/C12H11BrN2O2/c1-7-3-4-9(5-8(7)2)15-6-10(13)11(14-15)12(16)17/h3-6H,1-2H3,(H,16,17). The minimum absolute atomic E-state index is 0.0169. The maximum absolute atomic E-state index is 10.9. The van der Waals surface area contributed by atoms with Crippen molar-refractivity contribution in [3.63, 3.8) is 0 Å². The molecule has 0 fully saturated rings. The fourth-order valence-electron chi connectivity index (χ4n) is 1.50. The Bertz CT molecular complexity index is 590. The molecular formula is C12H11BrN2O2. The summed E-state index contributed by atoms with van der Waals surface area (Å²) in [5.74, 6) is -1.04. The van der Waals surface area contributed by atoms with Crippen LogP contribution in [-0.2, 0) is 0 Å². The predicted octanol–water partition coefficient (Wildman–Crippen LogP) is 2.95. The van der Waals surface area contributed by atoms with Gasteiger partial charge < -0.3 is 5.11 Å². The van der Waals surface area contributed by atoms with E-state index in [1.54, 1.807) is 10.9 Å². The number of carboxylic acid groups (broad SMARTS) is 1. The van der Waals surface area contributed by atoms with Crippen molar-refractivity contribution in [2.75, 3.05) is 0 Å². The molecule has 1 heterocycles. The normalized spacial score (nSPS) is 10.5. The van der Waals surface area contributed by atoms with Crippen molar-refractivity contribution in [2.24, 2.45) is 0 Å². The van der Waals surface area contributed by atoms with Crippen molar-refractivity contribution >= 4 is 21.9 Å². The second-order valence-electron chi connectivity index (χ2n) is 3.84. The Balaban J connectivity index is 2.50. The van der Waals surface area contributed by atoms with E-state index in [0.29, 0.717) is 4.47 Å². The van der Waals surface area contributed by atoms with Gasteiger partial charge in [-0.1, -0.05) is 6.07 Å². The number of benzene rings is 1. The lowest BCUT2D eigenvalue weighted by Crippen LogP contribution is -2.01. The maximum Gasteiger partial charge on any atom is 0.357 e. The molecule has 0 amide bonds. The first kappa shape index (κ1) is 11.9. The van der Waals surface area contributed by atoms with Gasteiger partial charge in [-0.3, -0.25) is 0 Å². The Hall–Kier alpha value is -1.62. The van der Waals surface area contributed by atoms with Crippen molar-refractivity contribution < 1.29 is 9.90 Å². The molecule has 2 rings (SSSR count). The van der Waals surface area contributed by atoms with Gasteiger partial charge in [0.25, 0.3) is 0 Å². The zero-order chi connectivity index (χ0) is 12.6. The smallest absolute Gasteiger partial charge is 0.357 e. The molecular weight excluding hydrogens is 284 g/mol. The molecule has 88 valence electrons. The van der Waals surface area contributed by atoms with E-state index in [-0.39, 0.29) is 5.69 Å². The van der Waals surface area contributed by atoms with Gasteiger partial charge in [0.1, 0.15) is 0 Å². The summed E-state index contributed by atoms with van der Waals surface area (Å²) >= 11 is 3.18. The number of carbonyl (C=O) groups is 1. The molecule has 1 N–H and O–H groups in total. The molecule has 4 nitrogen and oxygen atoms in total. The third-order valence-corrected chi connectivity index (χ3v) is 3.21. The van der Waals surface area contributed by atoms with Crippen LogP contribution in [0.4, 0.5) is 0 Å². The van der Waals surface area contributed by atoms with Crippen molar-refractivity contribution in [1.82, 2.24) is 9.78 Å². The summed E-state index contributed by atoms with van der Waals surface area (Å²) in [6.07, 6.45) is 1.65. The molecule has 0 aliphatic heterocycles. The fraction of sp³-hybridized carbons (Fsp3) is 0.167. The summed E-state index contributed by atoms with van der Waals surface area (Å²) in [5.41, 5.74) is 3.20. The SMILES string of the molecule is Cc1ccc(-n2cc(Br)c(C(=O)O)n2)cc1C. The Kier molecular flexibility index (Phi) is 3.02. The van der Waals surface area contributed by atoms with Gasteiger partial charge in [0.05, 0.1) is 10.2 Å². The highest BCUT2D eigenvalue weighted by Gasteiger charge is 2.14. The first-order valence-corrected chi connectivity index (χ1v) is 5.84. The molecule has 0 spiro atoms. The van der Waals surface area contributed by atoms with Crippen LogP contribution in [0.1, 0.15) is 21.6 Å². The van der Waals surface area contributed by atoms with Gasteiger partial charge in [0, 0.05) is 6.20 Å². The van der Waals surface area contributed by atoms with E-state index in [9.17, 15) is 4.79 Å². The predicted molar refractivity (Wildman–Crippen MR) is 67.7 cm³/mol. The van der Waals surface area contributed by atoms with Crippen LogP contribution in [0.5, 0.6) is 0 Å². The average molecular weight is 295 g/mol. The van der Waals surface area contributed by atoms with Crippen LogP contribution in [0.15, 0.2) is 28.9 Å². The van der Waals surface area contributed by atoms with E-state index >= 15 is 0 Å². The zero-order valence-corrected chi connectivity index (χ0v) is 11.0. The van der Waals surface area contributed by atoms with E-state index in [4.69, 9.17) is 5.11 Å². The lowest BCUT2D eigenvalue weighted by Gasteiger charge is -2.04. The zero-order valence-electron chi connectivity index (χ0n) is 9.44. The number of carboxylic acids is 1. The molecule has 0 radical (unpaired) electrons. The number of nitrogens with zero attached hydrogens (tertiary/aromatic N) is 2. The number of halogens is 1. The van der Waals surface area contributed by atoms with E-state index in [2.05, 4.69) is 21.0 Å². The quantitative estimate of drug-likeness (QED) is 0.926. The highest BCUT2D eigenvalue weighted by molar-refractivity contribution is 9.10. The molecule has 17 heavy (non-hydrogen) atoms. The summed E-state index contributed by atoms with van der Waals surface area (Å²) in [6.45, 7) is 4.04. The van der Waals surface area contributed by atoms with Crippen LogP contribution in [0.2, 0.25) is 0 Å². The number of aryl methyl sites for hydroxylation is 2. The van der Waals surface area contributed by atoms with Gasteiger partial charge in [-0.25, -0.2) is 9.48 Å². The third kappa shape index (κ3) is 2.24. The average Bonchev–Trinajstić information content (AvgIpc) is 2.64. The second-order valence-corrected chi connectivity index (χ2v) is 4.70. The fourth-order valence-corrected chi connectivity index (χ4v) is 1.94. The molecule has 0 aliphatic carbocycles. The van der Waals surface area contributed by atoms with Crippen LogP contribution >= 0.6 is 15.9 Å². The summed E-state index contributed by atoms with van der Waals surface area (Å²) in [4.78, 5) is 10.9. The minimum atomic E-state index is -1.04. The second kappa shape index (κ2) is 4.33. The Morgan fingerprint density at radius 2 is 2.06 bits per heavy atom. The summed E-state index contributed by atoms with van der Waals surface area (Å²) in [5, 5.41) is 12.9. The maximum atomic E-state index is 10.9. The Labute approximate surface area is 107 Å². The summed E-state index contributed by atoms with van der Waals surface area (Å²) in [6, 6.07) is 5.87. The number of aromatic carboxylic acids is 1. The van der Waals surface area contributed by atoms with Crippen molar-refractivity contribution in [1.29, 1.82) is 0 Å². The largest absolute Gasteiger partial charge is 0.476 e. The lowest BCUT2D eigenvalue weighted by atomic mass is 10.1. The van der Waals surface area contributed by atoms with E-state index < -0.39 is 5.97 Å². The molecule has 0 saturated heterocycles. The third-order valence-electron chi connectivity index (χ3n) is 2.63. The van der Waals surface area contributed by atoms with E-state index in [1.807, 2.05) is 32.0 Å². The van der Waals surface area contributed by atoms with Crippen molar-refractivity contribution in [2.45, 2.75) is 13.8 Å². The Morgan fingerprint density at radius 1 is 1.35 bits per heavy atom. The summed E-state index contributed by atoms with van der Waals surface area (Å²) < 4.78 is 2.03. The van der Waals surface area contributed by atoms with Crippen molar-refractivity contribution in [3.8, 4) is 5.69 Å². The first-order valence-electron chi connectivity index (χ1n) is 5.05. The van der Waals surface area contributed by atoms with Gasteiger partial charge in [0.2, 0.25) is 0 Å². The van der Waals surface area contributed by atoms with Gasteiger partial charge in [0.15, 0.2) is 5.69 Å². The lowest BCUT2D eigenvalue weighted by molar-refractivity contribution is 0.0689. The molecule has 1 aromatic carbocycles.